The normalized spacial score (nSPS) is 10.3. The Hall–Kier alpha value is -2.29. The Morgan fingerprint density at radius 1 is 1.15 bits per heavy atom. The van der Waals surface area contributed by atoms with Crippen LogP contribution >= 0.6 is 0 Å². The Morgan fingerprint density at radius 3 is 2.65 bits per heavy atom. The van der Waals surface area contributed by atoms with Crippen LogP contribution in [0.4, 0.5) is 5.69 Å². The van der Waals surface area contributed by atoms with E-state index in [4.69, 9.17) is 5.73 Å². The Bertz CT molecular complexity index is 620. The first-order valence-corrected chi connectivity index (χ1v) is 6.76. The summed E-state index contributed by atoms with van der Waals surface area (Å²) in [5, 5.41) is 2.95. The minimum atomic E-state index is -0.0462. The third-order valence-corrected chi connectivity index (χ3v) is 3.28. The molecule has 3 nitrogen and oxygen atoms in total. The average molecular weight is 268 g/mol. The van der Waals surface area contributed by atoms with Crippen molar-refractivity contribution in [3.05, 3.63) is 64.7 Å². The van der Waals surface area contributed by atoms with Crippen molar-refractivity contribution in [3.63, 3.8) is 0 Å². The zero-order valence-electron chi connectivity index (χ0n) is 11.9. The molecule has 2 aromatic rings. The van der Waals surface area contributed by atoms with Gasteiger partial charge in [0.15, 0.2) is 0 Å². The average Bonchev–Trinajstić information content (AvgIpc) is 2.38. The van der Waals surface area contributed by atoms with Gasteiger partial charge in [0.05, 0.1) is 0 Å². The van der Waals surface area contributed by atoms with Crippen molar-refractivity contribution in [2.75, 3.05) is 12.3 Å². The number of amides is 1. The first kappa shape index (κ1) is 14.1. The molecular formula is C17H20N2O. The molecule has 0 atom stereocenters. The van der Waals surface area contributed by atoms with Gasteiger partial charge in [0.1, 0.15) is 0 Å². The molecule has 0 fully saturated rings. The molecule has 0 aliphatic heterocycles. The van der Waals surface area contributed by atoms with Gasteiger partial charge in [0.25, 0.3) is 5.91 Å². The predicted molar refractivity (Wildman–Crippen MR) is 82.8 cm³/mol. The Labute approximate surface area is 119 Å². The third-order valence-electron chi connectivity index (χ3n) is 3.28. The van der Waals surface area contributed by atoms with Gasteiger partial charge in [0, 0.05) is 17.8 Å². The molecule has 3 heteroatoms. The summed E-state index contributed by atoms with van der Waals surface area (Å²) in [5.74, 6) is -0.0462. The van der Waals surface area contributed by atoms with Gasteiger partial charge in [-0.05, 0) is 49.6 Å². The van der Waals surface area contributed by atoms with Crippen LogP contribution in [0.5, 0.6) is 0 Å². The monoisotopic (exact) mass is 268 g/mol. The van der Waals surface area contributed by atoms with Crippen molar-refractivity contribution < 1.29 is 4.79 Å². The van der Waals surface area contributed by atoms with Gasteiger partial charge in [-0.2, -0.15) is 0 Å². The topological polar surface area (TPSA) is 55.1 Å². The van der Waals surface area contributed by atoms with Gasteiger partial charge in [-0.25, -0.2) is 0 Å². The lowest BCUT2D eigenvalue weighted by Crippen LogP contribution is -2.26. The smallest absolute Gasteiger partial charge is 0.251 e. The summed E-state index contributed by atoms with van der Waals surface area (Å²) in [4.78, 5) is 12.1. The number of anilines is 1. The van der Waals surface area contributed by atoms with Gasteiger partial charge < -0.3 is 11.1 Å². The van der Waals surface area contributed by atoms with Crippen molar-refractivity contribution in [2.24, 2.45) is 0 Å². The van der Waals surface area contributed by atoms with E-state index in [0.29, 0.717) is 17.8 Å². The van der Waals surface area contributed by atoms with Crippen molar-refractivity contribution in [2.45, 2.75) is 20.3 Å². The zero-order chi connectivity index (χ0) is 14.5. The number of nitrogen functional groups attached to an aromatic ring is 1. The molecule has 20 heavy (non-hydrogen) atoms. The number of nitrogens with one attached hydrogen (secondary N) is 1. The predicted octanol–water partition coefficient (Wildman–Crippen LogP) is 2.86. The molecule has 0 heterocycles. The van der Waals surface area contributed by atoms with E-state index in [1.165, 1.54) is 11.1 Å². The fourth-order valence-electron chi connectivity index (χ4n) is 2.22. The highest BCUT2D eigenvalue weighted by molar-refractivity contribution is 5.96. The second-order valence-corrected chi connectivity index (χ2v) is 5.07. The van der Waals surface area contributed by atoms with Crippen LogP contribution in [0.3, 0.4) is 0 Å². The van der Waals surface area contributed by atoms with Crippen LogP contribution in [0.2, 0.25) is 0 Å². The Morgan fingerprint density at radius 2 is 1.95 bits per heavy atom. The van der Waals surface area contributed by atoms with Crippen molar-refractivity contribution in [1.82, 2.24) is 5.32 Å². The maximum absolute atomic E-state index is 12.1. The van der Waals surface area contributed by atoms with E-state index < -0.39 is 0 Å². The number of carbonyl (C=O) groups excluding carboxylic acids is 1. The lowest BCUT2D eigenvalue weighted by Gasteiger charge is -2.08. The van der Waals surface area contributed by atoms with Crippen LogP contribution in [0.25, 0.3) is 0 Å². The number of aryl methyl sites for hydroxylation is 2. The van der Waals surface area contributed by atoms with E-state index in [1.54, 1.807) is 12.1 Å². The molecule has 0 aliphatic rings. The van der Waals surface area contributed by atoms with Gasteiger partial charge in [-0.15, -0.1) is 0 Å². The number of carbonyl (C=O) groups is 1. The molecule has 0 bridgehead atoms. The SMILES string of the molecule is Cc1cccc(CCNC(=O)c2ccc(N)cc2C)c1. The summed E-state index contributed by atoms with van der Waals surface area (Å²) < 4.78 is 0. The second kappa shape index (κ2) is 6.24. The maximum atomic E-state index is 12.1. The minimum absolute atomic E-state index is 0.0462. The molecule has 0 saturated carbocycles. The standard InChI is InChI=1S/C17H20N2O/c1-12-4-3-5-14(10-12)8-9-19-17(20)16-7-6-15(18)11-13(16)2/h3-7,10-11H,8-9,18H2,1-2H3,(H,19,20). The highest BCUT2D eigenvalue weighted by Crippen LogP contribution is 2.12. The van der Waals surface area contributed by atoms with Crippen LogP contribution in [-0.4, -0.2) is 12.5 Å². The van der Waals surface area contributed by atoms with Crippen molar-refractivity contribution in [1.29, 1.82) is 0 Å². The first-order valence-electron chi connectivity index (χ1n) is 6.76. The van der Waals surface area contributed by atoms with E-state index >= 15 is 0 Å². The number of nitrogens with two attached hydrogens (primary N) is 1. The van der Waals surface area contributed by atoms with Crippen LogP contribution in [0, 0.1) is 13.8 Å². The minimum Gasteiger partial charge on any atom is -0.399 e. The third kappa shape index (κ3) is 3.60. The number of hydrogen-bond acceptors (Lipinski definition) is 2. The van der Waals surface area contributed by atoms with Crippen LogP contribution in [0.15, 0.2) is 42.5 Å². The lowest BCUT2D eigenvalue weighted by atomic mass is 10.1. The Kier molecular flexibility index (Phi) is 4.41. The first-order chi connectivity index (χ1) is 9.56. The molecule has 0 aromatic heterocycles. The van der Waals surface area contributed by atoms with Crippen molar-refractivity contribution >= 4 is 11.6 Å². The van der Waals surface area contributed by atoms with Gasteiger partial charge in [-0.3, -0.25) is 4.79 Å². The molecule has 2 rings (SSSR count). The zero-order valence-corrected chi connectivity index (χ0v) is 11.9. The lowest BCUT2D eigenvalue weighted by molar-refractivity contribution is 0.0953. The summed E-state index contributed by atoms with van der Waals surface area (Å²) in [7, 11) is 0. The fourth-order valence-corrected chi connectivity index (χ4v) is 2.22. The molecule has 0 aliphatic carbocycles. The van der Waals surface area contributed by atoms with Gasteiger partial charge in [-0.1, -0.05) is 29.8 Å². The van der Waals surface area contributed by atoms with Crippen molar-refractivity contribution in [3.8, 4) is 0 Å². The van der Waals surface area contributed by atoms with Gasteiger partial charge in [0.2, 0.25) is 0 Å². The molecule has 0 radical (unpaired) electrons. The van der Waals surface area contributed by atoms with Crippen LogP contribution < -0.4 is 11.1 Å². The van der Waals surface area contributed by atoms with E-state index in [-0.39, 0.29) is 5.91 Å². The molecule has 1 amide bonds. The summed E-state index contributed by atoms with van der Waals surface area (Å²) in [6.07, 6.45) is 0.835. The second-order valence-electron chi connectivity index (χ2n) is 5.07. The highest BCUT2D eigenvalue weighted by Gasteiger charge is 2.08. The highest BCUT2D eigenvalue weighted by atomic mass is 16.1. The summed E-state index contributed by atoms with van der Waals surface area (Å²) in [5.41, 5.74) is 10.4. The summed E-state index contributed by atoms with van der Waals surface area (Å²) in [6.45, 7) is 4.59. The van der Waals surface area contributed by atoms with E-state index in [9.17, 15) is 4.79 Å². The Balaban J connectivity index is 1.92. The summed E-state index contributed by atoms with van der Waals surface area (Å²) >= 11 is 0. The molecule has 0 spiro atoms. The quantitative estimate of drug-likeness (QED) is 0.838. The number of rotatable bonds is 4. The number of benzene rings is 2. The van der Waals surface area contributed by atoms with Crippen LogP contribution in [-0.2, 0) is 6.42 Å². The molecule has 3 N–H and O–H groups in total. The molecule has 104 valence electrons. The van der Waals surface area contributed by atoms with E-state index in [0.717, 1.165) is 12.0 Å². The van der Waals surface area contributed by atoms with Crippen LogP contribution in [0.1, 0.15) is 27.0 Å². The fraction of sp³-hybridized carbons (Fsp3) is 0.235. The van der Waals surface area contributed by atoms with Gasteiger partial charge >= 0.3 is 0 Å². The molecule has 2 aromatic carbocycles. The maximum Gasteiger partial charge on any atom is 0.251 e. The van der Waals surface area contributed by atoms with E-state index in [1.807, 2.05) is 19.1 Å². The largest absolute Gasteiger partial charge is 0.399 e. The number of hydrogen-bond donors (Lipinski definition) is 2. The van der Waals surface area contributed by atoms with E-state index in [2.05, 4.69) is 30.4 Å². The summed E-state index contributed by atoms with van der Waals surface area (Å²) in [6, 6.07) is 13.7. The molecule has 0 unspecified atom stereocenters. The molecular weight excluding hydrogens is 248 g/mol. The molecule has 0 saturated heterocycles.